The highest BCUT2D eigenvalue weighted by Crippen LogP contribution is 2.17. The highest BCUT2D eigenvalue weighted by atomic mass is 79.9. The molecule has 2 N–H and O–H groups in total. The lowest BCUT2D eigenvalue weighted by molar-refractivity contribution is -0.115. The Bertz CT molecular complexity index is 702. The van der Waals surface area contributed by atoms with Crippen molar-refractivity contribution in [1.82, 2.24) is 0 Å². The summed E-state index contributed by atoms with van der Waals surface area (Å²) in [7, 11) is 0. The van der Waals surface area contributed by atoms with Crippen LogP contribution in [0, 0.1) is 0 Å². The molecule has 2 aromatic carbocycles. The fraction of sp³-hybridized carbons (Fsp3) is 0.222. The summed E-state index contributed by atoms with van der Waals surface area (Å²) >= 11 is 3.37. The summed E-state index contributed by atoms with van der Waals surface area (Å²) in [6, 6.07) is 14.5. The van der Waals surface area contributed by atoms with Crippen LogP contribution in [-0.2, 0) is 9.53 Å². The van der Waals surface area contributed by atoms with Gasteiger partial charge in [0.1, 0.15) is 0 Å². The van der Waals surface area contributed by atoms with Crippen molar-refractivity contribution in [1.29, 1.82) is 0 Å². The SMILES string of the molecule is CCOC(=O)c1ccccc1NC(=O)CCNc1ccc(Br)cc1. The number of rotatable bonds is 7. The third-order valence-electron chi connectivity index (χ3n) is 3.22. The van der Waals surface area contributed by atoms with E-state index in [2.05, 4.69) is 26.6 Å². The van der Waals surface area contributed by atoms with E-state index in [9.17, 15) is 9.59 Å². The van der Waals surface area contributed by atoms with Gasteiger partial charge in [-0.25, -0.2) is 4.79 Å². The molecule has 0 atom stereocenters. The number of carbonyl (C=O) groups excluding carboxylic acids is 2. The normalized spacial score (nSPS) is 10.1. The molecule has 0 aliphatic carbocycles. The van der Waals surface area contributed by atoms with Gasteiger partial charge >= 0.3 is 5.97 Å². The van der Waals surface area contributed by atoms with Gasteiger partial charge in [0.25, 0.3) is 0 Å². The Morgan fingerprint density at radius 2 is 1.79 bits per heavy atom. The van der Waals surface area contributed by atoms with E-state index in [0.29, 0.717) is 17.8 Å². The van der Waals surface area contributed by atoms with Crippen molar-refractivity contribution in [2.75, 3.05) is 23.8 Å². The van der Waals surface area contributed by atoms with E-state index in [4.69, 9.17) is 4.74 Å². The maximum Gasteiger partial charge on any atom is 0.340 e. The molecule has 0 unspecified atom stereocenters. The van der Waals surface area contributed by atoms with Crippen LogP contribution in [0.4, 0.5) is 11.4 Å². The minimum atomic E-state index is -0.443. The molecular formula is C18H19BrN2O3. The van der Waals surface area contributed by atoms with Gasteiger partial charge in [-0.1, -0.05) is 28.1 Å². The van der Waals surface area contributed by atoms with Gasteiger partial charge in [-0.15, -0.1) is 0 Å². The molecule has 1 amide bonds. The minimum absolute atomic E-state index is 0.170. The number of nitrogens with one attached hydrogen (secondary N) is 2. The molecule has 0 heterocycles. The van der Waals surface area contributed by atoms with E-state index in [-0.39, 0.29) is 18.9 Å². The molecule has 0 fully saturated rings. The average molecular weight is 391 g/mol. The smallest absolute Gasteiger partial charge is 0.340 e. The summed E-state index contributed by atoms with van der Waals surface area (Å²) in [5.74, 6) is -0.613. The zero-order chi connectivity index (χ0) is 17.4. The lowest BCUT2D eigenvalue weighted by atomic mass is 10.1. The molecule has 2 rings (SSSR count). The summed E-state index contributed by atoms with van der Waals surface area (Å²) < 4.78 is 5.99. The number of hydrogen-bond donors (Lipinski definition) is 2. The van der Waals surface area contributed by atoms with Crippen molar-refractivity contribution in [3.63, 3.8) is 0 Å². The Kier molecular flexibility index (Phi) is 6.81. The number of carbonyl (C=O) groups is 2. The van der Waals surface area contributed by atoms with Crippen molar-refractivity contribution in [2.45, 2.75) is 13.3 Å². The third-order valence-corrected chi connectivity index (χ3v) is 3.75. The molecule has 0 aromatic heterocycles. The second-order valence-corrected chi connectivity index (χ2v) is 5.91. The van der Waals surface area contributed by atoms with E-state index >= 15 is 0 Å². The quantitative estimate of drug-likeness (QED) is 0.699. The molecule has 126 valence electrons. The van der Waals surface area contributed by atoms with Crippen molar-refractivity contribution in [3.05, 3.63) is 58.6 Å². The Balaban J connectivity index is 1.88. The van der Waals surface area contributed by atoms with Gasteiger partial charge < -0.3 is 15.4 Å². The predicted molar refractivity (Wildman–Crippen MR) is 98.3 cm³/mol. The second kappa shape index (κ2) is 9.08. The van der Waals surface area contributed by atoms with Crippen LogP contribution in [0.25, 0.3) is 0 Å². The van der Waals surface area contributed by atoms with Crippen LogP contribution in [0.2, 0.25) is 0 Å². The van der Waals surface area contributed by atoms with Gasteiger partial charge in [-0.3, -0.25) is 4.79 Å². The van der Waals surface area contributed by atoms with Gasteiger partial charge in [0.05, 0.1) is 17.9 Å². The second-order valence-electron chi connectivity index (χ2n) is 5.00. The van der Waals surface area contributed by atoms with Crippen LogP contribution in [-0.4, -0.2) is 25.0 Å². The number of amides is 1. The van der Waals surface area contributed by atoms with E-state index in [1.807, 2.05) is 24.3 Å². The first-order valence-corrected chi connectivity index (χ1v) is 8.45. The summed E-state index contributed by atoms with van der Waals surface area (Å²) in [5, 5.41) is 5.93. The van der Waals surface area contributed by atoms with Gasteiger partial charge in [-0.2, -0.15) is 0 Å². The van der Waals surface area contributed by atoms with E-state index in [1.165, 1.54) is 0 Å². The molecule has 0 bridgehead atoms. The highest BCUT2D eigenvalue weighted by molar-refractivity contribution is 9.10. The minimum Gasteiger partial charge on any atom is -0.462 e. The number of halogens is 1. The summed E-state index contributed by atoms with van der Waals surface area (Å²) in [6.45, 7) is 2.53. The predicted octanol–water partition coefficient (Wildman–Crippen LogP) is 4.07. The molecular weight excluding hydrogens is 372 g/mol. The van der Waals surface area contributed by atoms with E-state index < -0.39 is 5.97 Å². The van der Waals surface area contributed by atoms with Crippen molar-refractivity contribution in [2.24, 2.45) is 0 Å². The fourth-order valence-corrected chi connectivity index (χ4v) is 2.34. The number of benzene rings is 2. The largest absolute Gasteiger partial charge is 0.462 e. The van der Waals surface area contributed by atoms with Crippen LogP contribution in [0.15, 0.2) is 53.0 Å². The highest BCUT2D eigenvalue weighted by Gasteiger charge is 2.13. The average Bonchev–Trinajstić information content (AvgIpc) is 2.57. The third kappa shape index (κ3) is 5.38. The molecule has 0 aliphatic rings. The van der Waals surface area contributed by atoms with E-state index in [0.717, 1.165) is 10.2 Å². The van der Waals surface area contributed by atoms with Crippen molar-refractivity contribution in [3.8, 4) is 0 Å². The van der Waals surface area contributed by atoms with Gasteiger partial charge in [0.2, 0.25) is 5.91 Å². The van der Waals surface area contributed by atoms with E-state index in [1.54, 1.807) is 31.2 Å². The number of esters is 1. The molecule has 6 heteroatoms. The molecule has 2 aromatic rings. The first-order chi connectivity index (χ1) is 11.6. The lowest BCUT2D eigenvalue weighted by Crippen LogP contribution is -2.18. The Hall–Kier alpha value is -2.34. The van der Waals surface area contributed by atoms with Gasteiger partial charge in [-0.05, 0) is 43.3 Å². The molecule has 0 saturated carbocycles. The van der Waals surface area contributed by atoms with Crippen LogP contribution < -0.4 is 10.6 Å². The number of ether oxygens (including phenoxy) is 1. The lowest BCUT2D eigenvalue weighted by Gasteiger charge is -2.11. The molecule has 0 aliphatic heterocycles. The van der Waals surface area contributed by atoms with Crippen LogP contribution in [0.5, 0.6) is 0 Å². The topological polar surface area (TPSA) is 67.4 Å². The molecule has 0 saturated heterocycles. The number of para-hydroxylation sites is 1. The molecule has 0 radical (unpaired) electrons. The summed E-state index contributed by atoms with van der Waals surface area (Å²) in [4.78, 5) is 24.0. The van der Waals surface area contributed by atoms with Crippen LogP contribution in [0.1, 0.15) is 23.7 Å². The van der Waals surface area contributed by atoms with Gasteiger partial charge in [0, 0.05) is 23.1 Å². The zero-order valence-electron chi connectivity index (χ0n) is 13.3. The first kappa shape index (κ1) is 18.0. The zero-order valence-corrected chi connectivity index (χ0v) is 14.9. The maximum absolute atomic E-state index is 12.1. The number of hydrogen-bond acceptors (Lipinski definition) is 4. The monoisotopic (exact) mass is 390 g/mol. The Labute approximate surface area is 149 Å². The van der Waals surface area contributed by atoms with Crippen LogP contribution >= 0.6 is 15.9 Å². The summed E-state index contributed by atoms with van der Waals surface area (Å²) in [6.07, 6.45) is 0.285. The van der Waals surface area contributed by atoms with Crippen molar-refractivity contribution < 1.29 is 14.3 Å². The summed E-state index contributed by atoms with van der Waals surface area (Å²) in [5.41, 5.74) is 1.76. The first-order valence-electron chi connectivity index (χ1n) is 7.65. The molecule has 5 nitrogen and oxygen atoms in total. The maximum atomic E-state index is 12.1. The molecule has 0 spiro atoms. The standard InChI is InChI=1S/C18H19BrN2O3/c1-2-24-18(23)15-5-3-4-6-16(15)21-17(22)11-12-20-14-9-7-13(19)8-10-14/h3-10,20H,2,11-12H2,1H3,(H,21,22). The Morgan fingerprint density at radius 3 is 2.50 bits per heavy atom. The number of anilines is 2. The van der Waals surface area contributed by atoms with Crippen LogP contribution in [0.3, 0.4) is 0 Å². The fourth-order valence-electron chi connectivity index (χ4n) is 2.08. The van der Waals surface area contributed by atoms with Gasteiger partial charge in [0.15, 0.2) is 0 Å². The van der Waals surface area contributed by atoms with Crippen molar-refractivity contribution >= 4 is 39.2 Å². The Morgan fingerprint density at radius 1 is 1.08 bits per heavy atom. The molecule has 24 heavy (non-hydrogen) atoms.